The first-order chi connectivity index (χ1) is 11.7. The molecule has 0 spiro atoms. The fourth-order valence-electron chi connectivity index (χ4n) is 2.60. The molecule has 5 nitrogen and oxygen atoms in total. The molecule has 6 heteroatoms. The molecule has 2 N–H and O–H groups in total. The minimum absolute atomic E-state index is 0.309. The number of nitrogens with zero attached hydrogens (tertiary/aromatic N) is 4. The third-order valence-corrected chi connectivity index (χ3v) is 4.14. The second-order valence-corrected chi connectivity index (χ2v) is 5.84. The number of rotatable bonds is 3. The van der Waals surface area contributed by atoms with E-state index in [4.69, 9.17) is 17.3 Å². The smallest absolute Gasteiger partial charge is 0.224 e. The second-order valence-electron chi connectivity index (χ2n) is 5.43. The molecule has 4 rings (SSSR count). The summed E-state index contributed by atoms with van der Waals surface area (Å²) >= 11 is 6.21. The van der Waals surface area contributed by atoms with Crippen LogP contribution in [0.2, 0.25) is 5.02 Å². The molecule has 0 aliphatic heterocycles. The van der Waals surface area contributed by atoms with Crippen LogP contribution < -0.4 is 5.73 Å². The van der Waals surface area contributed by atoms with Gasteiger partial charge in [0.1, 0.15) is 5.82 Å². The van der Waals surface area contributed by atoms with Crippen molar-refractivity contribution in [3.05, 3.63) is 77.1 Å². The number of aromatic nitrogens is 4. The molecule has 0 saturated heterocycles. The molecule has 0 bridgehead atoms. The average Bonchev–Trinajstić information content (AvgIpc) is 3.03. The monoisotopic (exact) mass is 335 g/mol. The van der Waals surface area contributed by atoms with E-state index in [9.17, 15) is 0 Å². The van der Waals surface area contributed by atoms with Crippen LogP contribution in [0.3, 0.4) is 0 Å². The summed E-state index contributed by atoms with van der Waals surface area (Å²) in [6, 6.07) is 19.4. The van der Waals surface area contributed by atoms with Gasteiger partial charge in [-0.3, -0.25) is 0 Å². The first kappa shape index (κ1) is 14.7. The van der Waals surface area contributed by atoms with Gasteiger partial charge in [-0.05, 0) is 11.6 Å². The van der Waals surface area contributed by atoms with Crippen LogP contribution >= 0.6 is 11.6 Å². The number of hydrogen-bond donors (Lipinski definition) is 1. The summed E-state index contributed by atoms with van der Waals surface area (Å²) in [5.74, 6) is 0.928. The maximum absolute atomic E-state index is 6.21. The van der Waals surface area contributed by atoms with Crippen LogP contribution in [0.25, 0.3) is 16.9 Å². The number of halogens is 1. The summed E-state index contributed by atoms with van der Waals surface area (Å²) in [4.78, 5) is 8.92. The Kier molecular flexibility index (Phi) is 3.63. The van der Waals surface area contributed by atoms with Crippen LogP contribution in [-0.4, -0.2) is 19.6 Å². The lowest BCUT2D eigenvalue weighted by atomic mass is 10.1. The maximum atomic E-state index is 6.21. The lowest BCUT2D eigenvalue weighted by molar-refractivity contribution is 0.867. The molecule has 0 radical (unpaired) electrons. The van der Waals surface area contributed by atoms with Crippen LogP contribution in [-0.2, 0) is 6.42 Å². The Bertz CT molecular complexity index is 1010. The van der Waals surface area contributed by atoms with Crippen molar-refractivity contribution in [2.24, 2.45) is 0 Å². The molecule has 0 unspecified atom stereocenters. The molecule has 0 aliphatic carbocycles. The van der Waals surface area contributed by atoms with E-state index in [1.54, 1.807) is 4.52 Å². The zero-order chi connectivity index (χ0) is 16.5. The number of nitrogens with two attached hydrogens (primary N) is 1. The Balaban J connectivity index is 1.76. The zero-order valence-electron chi connectivity index (χ0n) is 12.7. The Morgan fingerprint density at radius 1 is 0.958 bits per heavy atom. The van der Waals surface area contributed by atoms with Gasteiger partial charge in [0.2, 0.25) is 5.95 Å². The Labute approximate surface area is 143 Å². The normalized spacial score (nSPS) is 11.0. The molecule has 118 valence electrons. The third-order valence-electron chi connectivity index (χ3n) is 3.77. The maximum Gasteiger partial charge on any atom is 0.224 e. The summed E-state index contributed by atoms with van der Waals surface area (Å²) in [5.41, 5.74) is 9.51. The van der Waals surface area contributed by atoms with Gasteiger partial charge in [-0.25, -0.2) is 4.98 Å². The molecule has 0 amide bonds. The van der Waals surface area contributed by atoms with Gasteiger partial charge in [-0.15, -0.1) is 0 Å². The van der Waals surface area contributed by atoms with Crippen molar-refractivity contribution < 1.29 is 0 Å². The minimum atomic E-state index is 0.309. The van der Waals surface area contributed by atoms with Gasteiger partial charge in [0, 0.05) is 23.1 Å². The summed E-state index contributed by atoms with van der Waals surface area (Å²) in [6.07, 6.45) is 0.520. The SMILES string of the molecule is Nc1nc(Cc2ccccc2Cl)nc2cc(-c3ccccc3)nn12. The molecule has 0 atom stereocenters. The molecule has 4 aromatic rings. The molecule has 2 aromatic heterocycles. The summed E-state index contributed by atoms with van der Waals surface area (Å²) < 4.78 is 1.55. The predicted octanol–water partition coefficient (Wildman–Crippen LogP) is 3.62. The zero-order valence-corrected chi connectivity index (χ0v) is 13.5. The quantitative estimate of drug-likeness (QED) is 0.621. The predicted molar refractivity (Wildman–Crippen MR) is 94.9 cm³/mol. The Morgan fingerprint density at radius 2 is 1.71 bits per heavy atom. The average molecular weight is 336 g/mol. The van der Waals surface area contributed by atoms with Gasteiger partial charge in [0.25, 0.3) is 0 Å². The van der Waals surface area contributed by atoms with Gasteiger partial charge < -0.3 is 5.73 Å². The van der Waals surface area contributed by atoms with E-state index in [1.807, 2.05) is 60.7 Å². The first-order valence-electron chi connectivity index (χ1n) is 7.52. The lowest BCUT2D eigenvalue weighted by Crippen LogP contribution is -2.08. The number of fused-ring (bicyclic) bond motifs is 1. The van der Waals surface area contributed by atoms with Crippen molar-refractivity contribution in [2.45, 2.75) is 6.42 Å². The van der Waals surface area contributed by atoms with Crippen LogP contribution in [0.5, 0.6) is 0 Å². The van der Waals surface area contributed by atoms with E-state index in [0.717, 1.165) is 16.8 Å². The Hall–Kier alpha value is -2.92. The van der Waals surface area contributed by atoms with E-state index in [2.05, 4.69) is 15.1 Å². The molecule has 2 heterocycles. The van der Waals surface area contributed by atoms with Gasteiger partial charge >= 0.3 is 0 Å². The number of hydrogen-bond acceptors (Lipinski definition) is 4. The molecule has 24 heavy (non-hydrogen) atoms. The highest BCUT2D eigenvalue weighted by Gasteiger charge is 2.11. The van der Waals surface area contributed by atoms with Crippen LogP contribution in [0.15, 0.2) is 60.7 Å². The summed E-state index contributed by atoms with van der Waals surface area (Å²) in [6.45, 7) is 0. The van der Waals surface area contributed by atoms with Crippen molar-refractivity contribution in [3.63, 3.8) is 0 Å². The fourth-order valence-corrected chi connectivity index (χ4v) is 2.80. The van der Waals surface area contributed by atoms with Crippen LogP contribution in [0.1, 0.15) is 11.4 Å². The molecule has 2 aromatic carbocycles. The van der Waals surface area contributed by atoms with Crippen molar-refractivity contribution in [1.29, 1.82) is 0 Å². The highest BCUT2D eigenvalue weighted by atomic mass is 35.5. The fraction of sp³-hybridized carbons (Fsp3) is 0.0556. The molecular formula is C18H14ClN5. The Morgan fingerprint density at radius 3 is 2.50 bits per heavy atom. The largest absolute Gasteiger partial charge is 0.368 e. The minimum Gasteiger partial charge on any atom is -0.368 e. The van der Waals surface area contributed by atoms with Crippen molar-refractivity contribution in [3.8, 4) is 11.3 Å². The summed E-state index contributed by atoms with van der Waals surface area (Å²) in [5, 5.41) is 5.18. The van der Waals surface area contributed by atoms with E-state index < -0.39 is 0 Å². The van der Waals surface area contributed by atoms with E-state index in [0.29, 0.717) is 28.9 Å². The molecule has 0 fully saturated rings. The highest BCUT2D eigenvalue weighted by Crippen LogP contribution is 2.21. The van der Waals surface area contributed by atoms with Gasteiger partial charge in [-0.2, -0.15) is 14.6 Å². The third kappa shape index (κ3) is 2.70. The van der Waals surface area contributed by atoms with E-state index in [-0.39, 0.29) is 0 Å². The molecule has 0 saturated carbocycles. The lowest BCUT2D eigenvalue weighted by Gasteiger charge is -2.05. The number of anilines is 1. The van der Waals surface area contributed by atoms with E-state index >= 15 is 0 Å². The number of nitrogen functional groups attached to an aromatic ring is 1. The molecule has 0 aliphatic rings. The second kappa shape index (κ2) is 5.94. The van der Waals surface area contributed by atoms with Crippen LogP contribution in [0.4, 0.5) is 5.95 Å². The number of benzene rings is 2. The van der Waals surface area contributed by atoms with Crippen LogP contribution in [0, 0.1) is 0 Å². The van der Waals surface area contributed by atoms with Crippen molar-refractivity contribution in [2.75, 3.05) is 5.73 Å². The van der Waals surface area contributed by atoms with Gasteiger partial charge in [0.05, 0.1) is 5.69 Å². The summed E-state index contributed by atoms with van der Waals surface area (Å²) in [7, 11) is 0. The van der Waals surface area contributed by atoms with Crippen molar-refractivity contribution in [1.82, 2.24) is 19.6 Å². The van der Waals surface area contributed by atoms with E-state index in [1.165, 1.54) is 0 Å². The molecular weight excluding hydrogens is 322 g/mol. The standard InChI is InChI=1S/C18H14ClN5/c19-14-9-5-4-8-13(14)10-16-21-17-11-15(12-6-2-1-3-7-12)23-24(17)18(20)22-16/h1-9,11H,10H2,(H2,20,21,22). The first-order valence-corrected chi connectivity index (χ1v) is 7.89. The van der Waals surface area contributed by atoms with Crippen molar-refractivity contribution >= 4 is 23.2 Å². The van der Waals surface area contributed by atoms with Gasteiger partial charge in [0.15, 0.2) is 5.65 Å². The van der Waals surface area contributed by atoms with Gasteiger partial charge in [-0.1, -0.05) is 60.1 Å². The highest BCUT2D eigenvalue weighted by molar-refractivity contribution is 6.31. The topological polar surface area (TPSA) is 69.1 Å².